The highest BCUT2D eigenvalue weighted by Crippen LogP contribution is 2.26. The van der Waals surface area contributed by atoms with Crippen molar-refractivity contribution in [3.63, 3.8) is 0 Å². The summed E-state index contributed by atoms with van der Waals surface area (Å²) in [5.41, 5.74) is 1.17. The smallest absolute Gasteiger partial charge is 0.157 e. The number of aliphatic hydroxyl groups is 1. The molecule has 4 atom stereocenters. The first-order valence-electron chi connectivity index (χ1n) is 6.16. The maximum absolute atomic E-state index is 9.57. The quantitative estimate of drug-likeness (QED) is 0.875. The highest BCUT2D eigenvalue weighted by Gasteiger charge is 2.32. The SMILES string of the molecule is CC1OC(O)[C@H](C)C[C@@H]1OCc1ccccc1. The van der Waals surface area contributed by atoms with Gasteiger partial charge < -0.3 is 14.6 Å². The van der Waals surface area contributed by atoms with Crippen molar-refractivity contribution in [2.45, 2.75) is 45.4 Å². The molecule has 0 saturated carbocycles. The molecule has 3 heteroatoms. The van der Waals surface area contributed by atoms with Crippen LogP contribution in [-0.2, 0) is 16.1 Å². The van der Waals surface area contributed by atoms with E-state index in [1.807, 2.05) is 44.2 Å². The molecule has 1 fully saturated rings. The molecule has 94 valence electrons. The average Bonchev–Trinajstić information content (AvgIpc) is 2.33. The first-order chi connectivity index (χ1) is 8.16. The summed E-state index contributed by atoms with van der Waals surface area (Å²) in [6.45, 7) is 4.53. The van der Waals surface area contributed by atoms with Crippen LogP contribution in [0.2, 0.25) is 0 Å². The van der Waals surface area contributed by atoms with Crippen LogP contribution in [0.4, 0.5) is 0 Å². The number of rotatable bonds is 3. The average molecular weight is 236 g/mol. The topological polar surface area (TPSA) is 38.7 Å². The third-order valence-electron chi connectivity index (χ3n) is 3.28. The summed E-state index contributed by atoms with van der Waals surface area (Å²) in [6, 6.07) is 10.1. The van der Waals surface area contributed by atoms with E-state index in [0.29, 0.717) is 6.61 Å². The van der Waals surface area contributed by atoms with E-state index in [4.69, 9.17) is 9.47 Å². The molecule has 0 amide bonds. The van der Waals surface area contributed by atoms with Gasteiger partial charge in [-0.2, -0.15) is 0 Å². The van der Waals surface area contributed by atoms with Gasteiger partial charge in [0.1, 0.15) is 0 Å². The number of ether oxygens (including phenoxy) is 2. The second-order valence-corrected chi connectivity index (χ2v) is 4.78. The normalized spacial score (nSPS) is 33.6. The van der Waals surface area contributed by atoms with E-state index >= 15 is 0 Å². The third kappa shape index (κ3) is 3.28. The molecule has 0 bridgehead atoms. The van der Waals surface area contributed by atoms with Gasteiger partial charge in [0, 0.05) is 5.92 Å². The second-order valence-electron chi connectivity index (χ2n) is 4.78. The molecule has 0 aliphatic carbocycles. The minimum atomic E-state index is -0.651. The maximum atomic E-state index is 9.57. The predicted octanol–water partition coefficient (Wildman–Crippen LogP) is 2.34. The Balaban J connectivity index is 1.87. The number of hydrogen-bond donors (Lipinski definition) is 1. The molecule has 2 rings (SSSR count). The molecular weight excluding hydrogens is 216 g/mol. The highest BCUT2D eigenvalue weighted by atomic mass is 16.6. The van der Waals surface area contributed by atoms with Crippen LogP contribution in [0.25, 0.3) is 0 Å². The Hall–Kier alpha value is -0.900. The summed E-state index contributed by atoms with van der Waals surface area (Å²) in [5.74, 6) is 0.131. The van der Waals surface area contributed by atoms with Crippen molar-refractivity contribution in [2.24, 2.45) is 5.92 Å². The van der Waals surface area contributed by atoms with Crippen LogP contribution in [0, 0.1) is 5.92 Å². The van der Waals surface area contributed by atoms with Crippen LogP contribution in [0.15, 0.2) is 30.3 Å². The zero-order valence-corrected chi connectivity index (χ0v) is 10.4. The number of benzene rings is 1. The van der Waals surface area contributed by atoms with Crippen molar-refractivity contribution in [3.8, 4) is 0 Å². The van der Waals surface area contributed by atoms with Crippen molar-refractivity contribution in [1.29, 1.82) is 0 Å². The van der Waals surface area contributed by atoms with Crippen LogP contribution in [-0.4, -0.2) is 23.6 Å². The van der Waals surface area contributed by atoms with Crippen LogP contribution in [0.3, 0.4) is 0 Å². The minimum absolute atomic E-state index is 0.0510. The van der Waals surface area contributed by atoms with Gasteiger partial charge in [-0.15, -0.1) is 0 Å². The molecule has 1 N–H and O–H groups in total. The van der Waals surface area contributed by atoms with Gasteiger partial charge in [0.2, 0.25) is 0 Å². The second kappa shape index (κ2) is 5.63. The van der Waals surface area contributed by atoms with Gasteiger partial charge in [-0.3, -0.25) is 0 Å². The van der Waals surface area contributed by atoms with E-state index in [1.165, 1.54) is 5.56 Å². The lowest BCUT2D eigenvalue weighted by atomic mass is 9.96. The minimum Gasteiger partial charge on any atom is -0.371 e. The summed E-state index contributed by atoms with van der Waals surface area (Å²) < 4.78 is 11.3. The van der Waals surface area contributed by atoms with Gasteiger partial charge in [0.25, 0.3) is 0 Å². The predicted molar refractivity (Wildman–Crippen MR) is 65.4 cm³/mol. The third-order valence-corrected chi connectivity index (χ3v) is 3.28. The molecule has 1 heterocycles. The fraction of sp³-hybridized carbons (Fsp3) is 0.571. The van der Waals surface area contributed by atoms with Gasteiger partial charge in [-0.1, -0.05) is 37.3 Å². The van der Waals surface area contributed by atoms with E-state index in [0.717, 1.165) is 6.42 Å². The Labute approximate surface area is 102 Å². The summed E-state index contributed by atoms with van der Waals surface area (Å²) in [6.07, 6.45) is 0.204. The van der Waals surface area contributed by atoms with Gasteiger partial charge in [-0.05, 0) is 18.9 Å². The fourth-order valence-electron chi connectivity index (χ4n) is 2.10. The molecule has 0 spiro atoms. The molecule has 2 unspecified atom stereocenters. The van der Waals surface area contributed by atoms with Crippen molar-refractivity contribution < 1.29 is 14.6 Å². The Kier molecular flexibility index (Phi) is 4.15. The first-order valence-corrected chi connectivity index (χ1v) is 6.16. The molecule has 3 nitrogen and oxygen atoms in total. The molecule has 1 aliphatic heterocycles. The van der Waals surface area contributed by atoms with Crippen LogP contribution >= 0.6 is 0 Å². The molecular formula is C14H20O3. The Morgan fingerprint density at radius 3 is 2.71 bits per heavy atom. The molecule has 1 aromatic rings. The first kappa shape index (κ1) is 12.6. The Bertz CT molecular complexity index is 339. The number of hydrogen-bond acceptors (Lipinski definition) is 3. The summed E-state index contributed by atoms with van der Waals surface area (Å²) >= 11 is 0. The van der Waals surface area contributed by atoms with Gasteiger partial charge in [0.05, 0.1) is 18.8 Å². The molecule has 0 radical (unpaired) electrons. The Morgan fingerprint density at radius 2 is 2.00 bits per heavy atom. The number of aliphatic hydroxyl groups excluding tert-OH is 1. The zero-order chi connectivity index (χ0) is 12.3. The van der Waals surface area contributed by atoms with Crippen molar-refractivity contribution in [2.75, 3.05) is 0 Å². The zero-order valence-electron chi connectivity index (χ0n) is 10.4. The van der Waals surface area contributed by atoms with E-state index in [1.54, 1.807) is 0 Å². The molecule has 1 saturated heterocycles. The molecule has 0 aromatic heterocycles. The van der Waals surface area contributed by atoms with Crippen LogP contribution in [0.1, 0.15) is 25.8 Å². The van der Waals surface area contributed by atoms with Gasteiger partial charge in [0.15, 0.2) is 6.29 Å². The molecule has 17 heavy (non-hydrogen) atoms. The lowest BCUT2D eigenvalue weighted by Gasteiger charge is -2.36. The van der Waals surface area contributed by atoms with E-state index in [9.17, 15) is 5.11 Å². The standard InChI is InChI=1S/C14H20O3/c1-10-8-13(11(2)17-14(10)15)16-9-12-6-4-3-5-7-12/h3-7,10-11,13-15H,8-9H2,1-2H3/t10-,11?,13+,14?/m1/s1. The lowest BCUT2D eigenvalue weighted by molar-refractivity contribution is -0.229. The Morgan fingerprint density at radius 1 is 1.29 bits per heavy atom. The van der Waals surface area contributed by atoms with Crippen molar-refractivity contribution >= 4 is 0 Å². The highest BCUT2D eigenvalue weighted by molar-refractivity contribution is 5.13. The van der Waals surface area contributed by atoms with Crippen molar-refractivity contribution in [1.82, 2.24) is 0 Å². The largest absolute Gasteiger partial charge is 0.371 e. The van der Waals surface area contributed by atoms with Gasteiger partial charge in [-0.25, -0.2) is 0 Å². The monoisotopic (exact) mass is 236 g/mol. The summed E-state index contributed by atoms with van der Waals surface area (Å²) in [7, 11) is 0. The van der Waals surface area contributed by atoms with E-state index < -0.39 is 6.29 Å². The summed E-state index contributed by atoms with van der Waals surface area (Å²) in [5, 5.41) is 9.57. The lowest BCUT2D eigenvalue weighted by Crippen LogP contribution is -2.43. The van der Waals surface area contributed by atoms with E-state index in [2.05, 4.69) is 0 Å². The van der Waals surface area contributed by atoms with Crippen molar-refractivity contribution in [3.05, 3.63) is 35.9 Å². The molecule has 1 aliphatic rings. The van der Waals surface area contributed by atoms with Crippen LogP contribution < -0.4 is 0 Å². The van der Waals surface area contributed by atoms with Gasteiger partial charge >= 0.3 is 0 Å². The fourth-order valence-corrected chi connectivity index (χ4v) is 2.10. The summed E-state index contributed by atoms with van der Waals surface area (Å²) in [4.78, 5) is 0. The van der Waals surface area contributed by atoms with Crippen LogP contribution in [0.5, 0.6) is 0 Å². The van der Waals surface area contributed by atoms with E-state index in [-0.39, 0.29) is 18.1 Å². The molecule has 1 aromatic carbocycles. The maximum Gasteiger partial charge on any atom is 0.157 e.